The highest BCUT2D eigenvalue weighted by atomic mass is 32.2. The number of sulfone groups is 1. The lowest BCUT2D eigenvalue weighted by Crippen LogP contribution is -2.29. The van der Waals surface area contributed by atoms with Crippen molar-refractivity contribution in [3.63, 3.8) is 0 Å². The first-order chi connectivity index (χ1) is 7.88. The molecule has 1 rings (SSSR count). The molecule has 0 amide bonds. The summed E-state index contributed by atoms with van der Waals surface area (Å²) < 4.78 is 25.4. The fourth-order valence-electron chi connectivity index (χ4n) is 1.61. The first-order valence-electron chi connectivity index (χ1n) is 5.85. The van der Waals surface area contributed by atoms with Crippen LogP contribution in [0.1, 0.15) is 31.7 Å². The zero-order chi connectivity index (χ0) is 13.1. The molecule has 6 heteroatoms. The van der Waals surface area contributed by atoms with Gasteiger partial charge < -0.3 is 5.73 Å². The Bertz CT molecular complexity index is 465. The van der Waals surface area contributed by atoms with Crippen LogP contribution in [0.2, 0.25) is 0 Å². The molecule has 0 aromatic carbocycles. The molecule has 0 saturated carbocycles. The van der Waals surface area contributed by atoms with Gasteiger partial charge in [-0.1, -0.05) is 13.8 Å². The highest BCUT2D eigenvalue weighted by molar-refractivity contribution is 7.90. The second-order valence-corrected chi connectivity index (χ2v) is 6.44. The van der Waals surface area contributed by atoms with E-state index < -0.39 is 9.84 Å². The second kappa shape index (κ2) is 5.64. The number of hydrogen-bond donors (Lipinski definition) is 1. The van der Waals surface area contributed by atoms with Crippen LogP contribution in [0, 0.1) is 0 Å². The van der Waals surface area contributed by atoms with Gasteiger partial charge in [-0.3, -0.25) is 4.68 Å². The van der Waals surface area contributed by atoms with Crippen LogP contribution in [-0.2, 0) is 29.1 Å². The third kappa shape index (κ3) is 4.12. The van der Waals surface area contributed by atoms with Crippen molar-refractivity contribution < 1.29 is 8.42 Å². The van der Waals surface area contributed by atoms with Crippen molar-refractivity contribution in [3.8, 4) is 0 Å². The molecule has 1 unspecified atom stereocenters. The summed E-state index contributed by atoms with van der Waals surface area (Å²) in [6.45, 7) is 3.88. The summed E-state index contributed by atoms with van der Waals surface area (Å²) in [6, 6.07) is 1.56. The van der Waals surface area contributed by atoms with Crippen molar-refractivity contribution in [2.45, 2.75) is 38.5 Å². The van der Waals surface area contributed by atoms with Gasteiger partial charge in [0.05, 0.1) is 22.9 Å². The zero-order valence-electron chi connectivity index (χ0n) is 10.7. The minimum Gasteiger partial charge on any atom is -0.327 e. The molecule has 98 valence electrons. The van der Waals surface area contributed by atoms with Gasteiger partial charge in [-0.15, -0.1) is 0 Å². The van der Waals surface area contributed by atoms with Gasteiger partial charge >= 0.3 is 0 Å². The topological polar surface area (TPSA) is 78.0 Å². The SMILES string of the molecule is CCc1cc(CS(=O)(=O)CC(N)CC)n(C)n1. The van der Waals surface area contributed by atoms with Gasteiger partial charge in [0.2, 0.25) is 0 Å². The fraction of sp³-hybridized carbons (Fsp3) is 0.727. The van der Waals surface area contributed by atoms with Crippen LogP contribution in [-0.4, -0.2) is 30.0 Å². The summed E-state index contributed by atoms with van der Waals surface area (Å²) in [7, 11) is -1.38. The van der Waals surface area contributed by atoms with Gasteiger partial charge in [-0.2, -0.15) is 5.10 Å². The Morgan fingerprint density at radius 2 is 2.12 bits per heavy atom. The molecule has 2 N–H and O–H groups in total. The van der Waals surface area contributed by atoms with Crippen LogP contribution in [0.15, 0.2) is 6.07 Å². The van der Waals surface area contributed by atoms with E-state index in [2.05, 4.69) is 5.10 Å². The summed E-state index contributed by atoms with van der Waals surface area (Å²) >= 11 is 0. The van der Waals surface area contributed by atoms with E-state index in [-0.39, 0.29) is 17.5 Å². The highest BCUT2D eigenvalue weighted by Crippen LogP contribution is 2.10. The third-order valence-corrected chi connectivity index (χ3v) is 4.42. The molecule has 0 fully saturated rings. The van der Waals surface area contributed by atoms with Crippen molar-refractivity contribution in [2.75, 3.05) is 5.75 Å². The fourth-order valence-corrected chi connectivity index (χ4v) is 3.33. The Balaban J connectivity index is 2.79. The Hall–Kier alpha value is -0.880. The number of nitrogens with two attached hydrogens (primary N) is 1. The number of rotatable bonds is 6. The van der Waals surface area contributed by atoms with E-state index in [0.29, 0.717) is 6.42 Å². The molecule has 0 spiro atoms. The molecule has 1 atom stereocenters. The van der Waals surface area contributed by atoms with Gasteiger partial charge in [0, 0.05) is 13.1 Å². The van der Waals surface area contributed by atoms with Crippen molar-refractivity contribution in [2.24, 2.45) is 12.8 Å². The maximum Gasteiger partial charge on any atom is 0.157 e. The van der Waals surface area contributed by atoms with Crippen molar-refractivity contribution >= 4 is 9.84 Å². The van der Waals surface area contributed by atoms with E-state index in [1.165, 1.54) is 0 Å². The van der Waals surface area contributed by atoms with Crippen LogP contribution < -0.4 is 5.73 Å². The largest absolute Gasteiger partial charge is 0.327 e. The molecule has 5 nitrogen and oxygen atoms in total. The monoisotopic (exact) mass is 259 g/mol. The Morgan fingerprint density at radius 1 is 1.47 bits per heavy atom. The molecule has 0 aliphatic heterocycles. The van der Waals surface area contributed by atoms with Crippen molar-refractivity contribution in [3.05, 3.63) is 17.5 Å². The number of hydrogen-bond acceptors (Lipinski definition) is 4. The average Bonchev–Trinajstić information content (AvgIpc) is 2.58. The smallest absolute Gasteiger partial charge is 0.157 e. The molecule has 0 radical (unpaired) electrons. The van der Waals surface area contributed by atoms with Gasteiger partial charge in [-0.05, 0) is 18.9 Å². The van der Waals surface area contributed by atoms with Crippen LogP contribution in [0.5, 0.6) is 0 Å². The normalized spacial score (nSPS) is 13.9. The molecule has 1 heterocycles. The first-order valence-corrected chi connectivity index (χ1v) is 7.67. The summed E-state index contributed by atoms with van der Waals surface area (Å²) in [5, 5.41) is 4.23. The number of nitrogens with zero attached hydrogens (tertiary/aromatic N) is 2. The molecule has 0 aliphatic rings. The summed E-state index contributed by atoms with van der Waals surface area (Å²) in [5.74, 6) is 0.0559. The summed E-state index contributed by atoms with van der Waals surface area (Å²) in [6.07, 6.45) is 1.48. The van der Waals surface area contributed by atoms with Crippen molar-refractivity contribution in [1.29, 1.82) is 0 Å². The first kappa shape index (κ1) is 14.2. The Morgan fingerprint density at radius 3 is 2.59 bits per heavy atom. The average molecular weight is 259 g/mol. The van der Waals surface area contributed by atoms with E-state index in [1.807, 2.05) is 19.9 Å². The van der Waals surface area contributed by atoms with Gasteiger partial charge in [0.15, 0.2) is 9.84 Å². The molecule has 1 aromatic rings. The summed E-state index contributed by atoms with van der Waals surface area (Å²) in [4.78, 5) is 0. The lowest BCUT2D eigenvalue weighted by atomic mass is 10.3. The highest BCUT2D eigenvalue weighted by Gasteiger charge is 2.18. The maximum atomic E-state index is 11.9. The molecule has 1 aromatic heterocycles. The van der Waals surface area contributed by atoms with Gasteiger partial charge in [0.25, 0.3) is 0 Å². The van der Waals surface area contributed by atoms with Gasteiger partial charge in [0.1, 0.15) is 0 Å². The minimum absolute atomic E-state index is 0.0181. The predicted molar refractivity (Wildman–Crippen MR) is 68.3 cm³/mol. The molecule has 0 aliphatic carbocycles. The van der Waals surface area contributed by atoms with Crippen molar-refractivity contribution in [1.82, 2.24) is 9.78 Å². The Labute approximate surface area is 103 Å². The van der Waals surface area contributed by atoms with Gasteiger partial charge in [-0.25, -0.2) is 8.42 Å². The second-order valence-electron chi connectivity index (χ2n) is 4.33. The third-order valence-electron chi connectivity index (χ3n) is 2.75. The maximum absolute atomic E-state index is 11.9. The Kier molecular flexibility index (Phi) is 4.70. The predicted octanol–water partition coefficient (Wildman–Crippen LogP) is 0.635. The molecular formula is C11H21N3O2S. The lowest BCUT2D eigenvalue weighted by Gasteiger charge is -2.09. The van der Waals surface area contributed by atoms with E-state index >= 15 is 0 Å². The molecule has 0 bridgehead atoms. The van der Waals surface area contributed by atoms with Crippen LogP contribution in [0.25, 0.3) is 0 Å². The minimum atomic E-state index is -3.15. The van der Waals surface area contributed by atoms with E-state index in [0.717, 1.165) is 17.8 Å². The van der Waals surface area contributed by atoms with Crippen LogP contribution in [0.4, 0.5) is 0 Å². The van der Waals surface area contributed by atoms with E-state index in [1.54, 1.807) is 11.7 Å². The lowest BCUT2D eigenvalue weighted by molar-refractivity contribution is 0.580. The molecular weight excluding hydrogens is 238 g/mol. The number of aromatic nitrogens is 2. The standard InChI is InChI=1S/C11H21N3O2S/c1-4-9(12)7-17(15,16)8-11-6-10(5-2)13-14(11)3/h6,9H,4-5,7-8,12H2,1-3H3. The summed E-state index contributed by atoms with van der Waals surface area (Å²) in [5.41, 5.74) is 7.32. The van der Waals surface area contributed by atoms with Crippen LogP contribution in [0.3, 0.4) is 0 Å². The van der Waals surface area contributed by atoms with E-state index in [9.17, 15) is 8.42 Å². The van der Waals surface area contributed by atoms with E-state index in [4.69, 9.17) is 5.73 Å². The number of aryl methyl sites for hydroxylation is 2. The molecule has 17 heavy (non-hydrogen) atoms. The van der Waals surface area contributed by atoms with Crippen LogP contribution >= 0.6 is 0 Å². The quantitative estimate of drug-likeness (QED) is 0.813. The zero-order valence-corrected chi connectivity index (χ0v) is 11.5. The molecule has 0 saturated heterocycles.